The van der Waals surface area contributed by atoms with Gasteiger partial charge in [-0.15, -0.1) is 0 Å². The minimum Gasteiger partial charge on any atom is -0.477 e. The van der Waals surface area contributed by atoms with Crippen LogP contribution in [0.5, 0.6) is 5.75 Å². The first-order valence-electron chi connectivity index (χ1n) is 6.03. The molecular weight excluding hydrogens is 254 g/mol. The summed E-state index contributed by atoms with van der Waals surface area (Å²) in [4.78, 5) is 11.4. The molecule has 5 heteroatoms. The van der Waals surface area contributed by atoms with Crippen molar-refractivity contribution in [2.75, 3.05) is 13.2 Å². The average Bonchev–Trinajstić information content (AvgIpc) is 2.76. The SMILES string of the molecule is CCNCc1cccc(Cl)c1OC1CCOC1=O. The molecule has 0 amide bonds. The molecule has 1 unspecified atom stereocenters. The highest BCUT2D eigenvalue weighted by Crippen LogP contribution is 2.31. The molecule has 0 saturated carbocycles. The molecular formula is C13H16ClNO3. The van der Waals surface area contributed by atoms with Gasteiger partial charge in [0.25, 0.3) is 0 Å². The van der Waals surface area contributed by atoms with Gasteiger partial charge in [0.15, 0.2) is 6.10 Å². The quantitative estimate of drug-likeness (QED) is 0.832. The third kappa shape index (κ3) is 2.94. The number of rotatable bonds is 5. The van der Waals surface area contributed by atoms with Gasteiger partial charge in [-0.25, -0.2) is 4.79 Å². The zero-order chi connectivity index (χ0) is 13.0. The number of hydrogen-bond acceptors (Lipinski definition) is 4. The summed E-state index contributed by atoms with van der Waals surface area (Å²) in [5.41, 5.74) is 0.948. The largest absolute Gasteiger partial charge is 0.477 e. The highest BCUT2D eigenvalue weighted by molar-refractivity contribution is 6.32. The van der Waals surface area contributed by atoms with E-state index in [-0.39, 0.29) is 5.97 Å². The number of esters is 1. The van der Waals surface area contributed by atoms with Crippen molar-refractivity contribution in [1.29, 1.82) is 0 Å². The predicted molar refractivity (Wildman–Crippen MR) is 68.8 cm³/mol. The fourth-order valence-electron chi connectivity index (χ4n) is 1.81. The molecule has 0 aliphatic carbocycles. The number of ether oxygens (including phenoxy) is 2. The minimum atomic E-state index is -0.537. The van der Waals surface area contributed by atoms with E-state index in [1.807, 2.05) is 19.1 Å². The molecule has 2 rings (SSSR count). The Hall–Kier alpha value is -1.26. The Morgan fingerprint density at radius 2 is 2.39 bits per heavy atom. The Morgan fingerprint density at radius 1 is 1.56 bits per heavy atom. The van der Waals surface area contributed by atoms with E-state index >= 15 is 0 Å². The van der Waals surface area contributed by atoms with Crippen molar-refractivity contribution in [3.63, 3.8) is 0 Å². The van der Waals surface area contributed by atoms with E-state index < -0.39 is 6.10 Å². The van der Waals surface area contributed by atoms with Gasteiger partial charge in [0.1, 0.15) is 5.75 Å². The number of carbonyl (C=O) groups is 1. The first-order valence-corrected chi connectivity index (χ1v) is 6.41. The highest BCUT2D eigenvalue weighted by Gasteiger charge is 2.29. The molecule has 1 aliphatic rings. The van der Waals surface area contributed by atoms with Crippen molar-refractivity contribution in [3.8, 4) is 5.75 Å². The Bertz CT molecular complexity index is 436. The van der Waals surface area contributed by atoms with E-state index in [0.29, 0.717) is 30.3 Å². The zero-order valence-corrected chi connectivity index (χ0v) is 11.0. The van der Waals surface area contributed by atoms with E-state index in [0.717, 1.165) is 12.1 Å². The summed E-state index contributed by atoms with van der Waals surface area (Å²) in [5, 5.41) is 3.73. The number of nitrogens with one attached hydrogen (secondary N) is 1. The van der Waals surface area contributed by atoms with Gasteiger partial charge in [-0.3, -0.25) is 0 Å². The highest BCUT2D eigenvalue weighted by atomic mass is 35.5. The molecule has 0 radical (unpaired) electrons. The van der Waals surface area contributed by atoms with Crippen molar-refractivity contribution < 1.29 is 14.3 Å². The molecule has 1 N–H and O–H groups in total. The lowest BCUT2D eigenvalue weighted by molar-refractivity contribution is -0.143. The van der Waals surface area contributed by atoms with Crippen LogP contribution in [0.2, 0.25) is 5.02 Å². The maximum Gasteiger partial charge on any atom is 0.347 e. The molecule has 0 bridgehead atoms. The first kappa shape index (κ1) is 13.2. The molecule has 1 aliphatic heterocycles. The van der Waals surface area contributed by atoms with Gasteiger partial charge in [-0.2, -0.15) is 0 Å². The van der Waals surface area contributed by atoms with Gasteiger partial charge >= 0.3 is 5.97 Å². The van der Waals surface area contributed by atoms with Gasteiger partial charge < -0.3 is 14.8 Å². The lowest BCUT2D eigenvalue weighted by Gasteiger charge is -2.15. The predicted octanol–water partition coefficient (Wildman–Crippen LogP) is 2.14. The second-order valence-electron chi connectivity index (χ2n) is 4.07. The van der Waals surface area contributed by atoms with Crippen molar-refractivity contribution in [2.24, 2.45) is 0 Å². The summed E-state index contributed by atoms with van der Waals surface area (Å²) in [6, 6.07) is 5.56. The number of carbonyl (C=O) groups excluding carboxylic acids is 1. The summed E-state index contributed by atoms with van der Waals surface area (Å²) >= 11 is 6.13. The number of hydrogen-bond donors (Lipinski definition) is 1. The second kappa shape index (κ2) is 6.07. The van der Waals surface area contributed by atoms with Crippen LogP contribution in [0.1, 0.15) is 18.9 Å². The molecule has 1 fully saturated rings. The van der Waals surface area contributed by atoms with Crippen molar-refractivity contribution >= 4 is 17.6 Å². The van der Waals surface area contributed by atoms with Gasteiger partial charge in [0, 0.05) is 18.5 Å². The standard InChI is InChI=1S/C13H16ClNO3/c1-2-15-8-9-4-3-5-10(14)12(9)18-11-6-7-17-13(11)16/h3-5,11,15H,2,6-8H2,1H3. The third-order valence-corrected chi connectivity index (χ3v) is 3.06. The van der Waals surface area contributed by atoms with Crippen LogP contribution in [-0.2, 0) is 16.1 Å². The summed E-state index contributed by atoms with van der Waals surface area (Å²) in [6.07, 6.45) is 0.0373. The van der Waals surface area contributed by atoms with Crippen molar-refractivity contribution in [1.82, 2.24) is 5.32 Å². The molecule has 18 heavy (non-hydrogen) atoms. The van der Waals surface area contributed by atoms with Crippen LogP contribution in [0.4, 0.5) is 0 Å². The fraction of sp³-hybridized carbons (Fsp3) is 0.462. The van der Waals surface area contributed by atoms with Crippen LogP contribution in [0.15, 0.2) is 18.2 Å². The summed E-state index contributed by atoms with van der Waals surface area (Å²) in [6.45, 7) is 3.96. The van der Waals surface area contributed by atoms with Gasteiger partial charge in [0.05, 0.1) is 11.6 Å². The first-order chi connectivity index (χ1) is 8.72. The van der Waals surface area contributed by atoms with Crippen LogP contribution in [0.3, 0.4) is 0 Å². The molecule has 0 spiro atoms. The van der Waals surface area contributed by atoms with E-state index in [9.17, 15) is 4.79 Å². The molecule has 4 nitrogen and oxygen atoms in total. The number of cyclic esters (lactones) is 1. The van der Waals surface area contributed by atoms with Crippen LogP contribution < -0.4 is 10.1 Å². The monoisotopic (exact) mass is 269 g/mol. The Labute approximate surface area is 111 Å². The van der Waals surface area contributed by atoms with Gasteiger partial charge in [-0.1, -0.05) is 30.7 Å². The lowest BCUT2D eigenvalue weighted by atomic mass is 10.2. The number of benzene rings is 1. The Balaban J connectivity index is 2.16. The zero-order valence-electron chi connectivity index (χ0n) is 10.2. The van der Waals surface area contributed by atoms with Crippen molar-refractivity contribution in [3.05, 3.63) is 28.8 Å². The van der Waals surface area contributed by atoms with Gasteiger partial charge in [-0.05, 0) is 12.6 Å². The minimum absolute atomic E-state index is 0.315. The topological polar surface area (TPSA) is 47.6 Å². The Kier molecular flexibility index (Phi) is 4.44. The van der Waals surface area contributed by atoms with E-state index in [1.165, 1.54) is 0 Å². The van der Waals surface area contributed by atoms with Crippen LogP contribution in [0, 0.1) is 0 Å². The number of para-hydroxylation sites is 1. The normalized spacial score (nSPS) is 18.8. The molecule has 1 heterocycles. The summed E-state index contributed by atoms with van der Waals surface area (Å²) in [5.74, 6) is 0.258. The fourth-order valence-corrected chi connectivity index (χ4v) is 2.05. The maximum atomic E-state index is 11.4. The maximum absolute atomic E-state index is 11.4. The smallest absolute Gasteiger partial charge is 0.347 e. The molecule has 1 aromatic rings. The number of halogens is 1. The van der Waals surface area contributed by atoms with Crippen LogP contribution >= 0.6 is 11.6 Å². The van der Waals surface area contributed by atoms with Crippen LogP contribution in [-0.4, -0.2) is 25.2 Å². The lowest BCUT2D eigenvalue weighted by Crippen LogP contribution is -2.23. The van der Waals surface area contributed by atoms with Crippen molar-refractivity contribution in [2.45, 2.75) is 26.0 Å². The van der Waals surface area contributed by atoms with E-state index in [2.05, 4.69) is 5.32 Å². The molecule has 1 saturated heterocycles. The molecule has 98 valence electrons. The molecule has 1 atom stereocenters. The third-order valence-electron chi connectivity index (χ3n) is 2.76. The molecule has 0 aromatic heterocycles. The van der Waals surface area contributed by atoms with E-state index in [4.69, 9.17) is 21.1 Å². The summed E-state index contributed by atoms with van der Waals surface area (Å²) in [7, 11) is 0. The average molecular weight is 270 g/mol. The van der Waals surface area contributed by atoms with Crippen LogP contribution in [0.25, 0.3) is 0 Å². The van der Waals surface area contributed by atoms with E-state index in [1.54, 1.807) is 6.07 Å². The molecule has 1 aromatic carbocycles. The summed E-state index contributed by atoms with van der Waals surface area (Å²) < 4.78 is 10.6. The van der Waals surface area contributed by atoms with Gasteiger partial charge in [0.2, 0.25) is 0 Å². The Morgan fingerprint density at radius 3 is 3.06 bits per heavy atom. The second-order valence-corrected chi connectivity index (χ2v) is 4.48.